The zero-order chi connectivity index (χ0) is 22.0. The van der Waals surface area contributed by atoms with Crippen molar-refractivity contribution in [1.29, 1.82) is 0 Å². The molecule has 0 spiro atoms. The highest BCUT2D eigenvalue weighted by Gasteiger charge is 2.19. The maximum Gasteiger partial charge on any atom is 0.339 e. The lowest BCUT2D eigenvalue weighted by Gasteiger charge is -2.19. The average molecular weight is 412 g/mol. The molecule has 0 bridgehead atoms. The van der Waals surface area contributed by atoms with Crippen LogP contribution in [0.25, 0.3) is 21.9 Å². The number of aliphatic carboxylic acids is 1. The van der Waals surface area contributed by atoms with Gasteiger partial charge in [0.25, 0.3) is 0 Å². The van der Waals surface area contributed by atoms with Crippen molar-refractivity contribution in [1.82, 2.24) is 5.32 Å². The molecule has 2 heterocycles. The predicted octanol–water partition coefficient (Wildman–Crippen LogP) is 2.82. The number of furan rings is 1. The fourth-order valence-electron chi connectivity index (χ4n) is 3.77. The molecule has 1 aromatic carbocycles. The fraction of sp³-hybridized carbons (Fsp3) is 0.435. The minimum Gasteiger partial charge on any atom is -0.548 e. The third-order valence-corrected chi connectivity index (χ3v) is 5.60. The SMILES string of the molecule is CCCC[C@@H](NC(=O)CCc1c(C)c2cc3c(C)coc3c(C)c2oc1=O)C(=O)[O-]. The Labute approximate surface area is 174 Å². The Morgan fingerprint density at radius 2 is 1.87 bits per heavy atom. The van der Waals surface area contributed by atoms with Crippen molar-refractivity contribution in [3.8, 4) is 0 Å². The van der Waals surface area contributed by atoms with Crippen molar-refractivity contribution in [2.75, 3.05) is 0 Å². The average Bonchev–Trinajstić information content (AvgIpc) is 3.07. The first-order chi connectivity index (χ1) is 14.2. The van der Waals surface area contributed by atoms with E-state index in [9.17, 15) is 19.5 Å². The molecule has 7 heteroatoms. The van der Waals surface area contributed by atoms with Gasteiger partial charge in [-0.15, -0.1) is 0 Å². The van der Waals surface area contributed by atoms with Crippen molar-refractivity contribution in [3.05, 3.63) is 45.0 Å². The molecular weight excluding hydrogens is 386 g/mol. The van der Waals surface area contributed by atoms with Crippen LogP contribution in [0.3, 0.4) is 0 Å². The lowest BCUT2D eigenvalue weighted by molar-refractivity contribution is -0.308. The minimum atomic E-state index is -1.30. The van der Waals surface area contributed by atoms with Gasteiger partial charge in [0.15, 0.2) is 0 Å². The van der Waals surface area contributed by atoms with E-state index in [0.717, 1.165) is 33.9 Å². The summed E-state index contributed by atoms with van der Waals surface area (Å²) < 4.78 is 11.2. The van der Waals surface area contributed by atoms with E-state index in [4.69, 9.17) is 8.83 Å². The van der Waals surface area contributed by atoms with Gasteiger partial charge in [-0.2, -0.15) is 0 Å². The van der Waals surface area contributed by atoms with Crippen molar-refractivity contribution >= 4 is 33.8 Å². The van der Waals surface area contributed by atoms with Crippen molar-refractivity contribution in [2.45, 2.75) is 65.8 Å². The summed E-state index contributed by atoms with van der Waals surface area (Å²) in [4.78, 5) is 36.1. The lowest BCUT2D eigenvalue weighted by Crippen LogP contribution is -2.47. The monoisotopic (exact) mass is 412 g/mol. The first-order valence-electron chi connectivity index (χ1n) is 10.2. The number of fused-ring (bicyclic) bond motifs is 2. The van der Waals surface area contributed by atoms with Crippen molar-refractivity contribution in [3.63, 3.8) is 0 Å². The Kier molecular flexibility index (Phi) is 6.29. The highest BCUT2D eigenvalue weighted by molar-refractivity contribution is 5.99. The van der Waals surface area contributed by atoms with Crippen LogP contribution in [0, 0.1) is 20.8 Å². The second kappa shape index (κ2) is 8.73. The number of carboxylic acid groups (broad SMARTS) is 1. The van der Waals surface area contributed by atoms with Crippen LogP contribution in [-0.4, -0.2) is 17.9 Å². The third kappa shape index (κ3) is 4.10. The van der Waals surface area contributed by atoms with Crippen LogP contribution in [0.15, 0.2) is 26.0 Å². The summed E-state index contributed by atoms with van der Waals surface area (Å²) >= 11 is 0. The molecule has 3 rings (SSSR count). The zero-order valence-electron chi connectivity index (χ0n) is 17.7. The summed E-state index contributed by atoms with van der Waals surface area (Å²) in [6, 6.07) is 0.918. The number of rotatable bonds is 8. The van der Waals surface area contributed by atoms with Gasteiger partial charge >= 0.3 is 5.63 Å². The van der Waals surface area contributed by atoms with Crippen LogP contribution in [0.4, 0.5) is 0 Å². The number of unbranched alkanes of at least 4 members (excludes halogenated alkanes) is 1. The van der Waals surface area contributed by atoms with E-state index >= 15 is 0 Å². The van der Waals surface area contributed by atoms with Gasteiger partial charge < -0.3 is 24.1 Å². The summed E-state index contributed by atoms with van der Waals surface area (Å²) in [5, 5.41) is 15.5. The topological polar surface area (TPSA) is 113 Å². The molecule has 1 atom stereocenters. The fourth-order valence-corrected chi connectivity index (χ4v) is 3.77. The van der Waals surface area contributed by atoms with E-state index in [1.165, 1.54) is 0 Å². The standard InChI is InChI=1S/C23H27NO6/c1-5-6-7-18(22(26)27)24-19(25)9-8-15-13(3)17-10-16-12(2)11-29-20(16)14(4)21(17)30-23(15)28/h10-11,18H,5-9H2,1-4H3,(H,24,25)(H,26,27)/p-1/t18-/m1/s1. The molecule has 30 heavy (non-hydrogen) atoms. The molecule has 0 radical (unpaired) electrons. The van der Waals surface area contributed by atoms with Crippen LogP contribution in [-0.2, 0) is 16.0 Å². The Morgan fingerprint density at radius 1 is 1.13 bits per heavy atom. The smallest absolute Gasteiger partial charge is 0.339 e. The van der Waals surface area contributed by atoms with Crippen LogP contribution >= 0.6 is 0 Å². The molecule has 0 unspecified atom stereocenters. The summed E-state index contributed by atoms with van der Waals surface area (Å²) in [6.07, 6.45) is 3.62. The first-order valence-corrected chi connectivity index (χ1v) is 10.2. The number of nitrogens with one attached hydrogen (secondary N) is 1. The summed E-state index contributed by atoms with van der Waals surface area (Å²) in [5.41, 5.74) is 3.58. The van der Waals surface area contributed by atoms with Gasteiger partial charge in [-0.25, -0.2) is 4.79 Å². The number of aryl methyl sites for hydroxylation is 3. The van der Waals surface area contributed by atoms with Gasteiger partial charge in [0, 0.05) is 28.3 Å². The normalized spacial score (nSPS) is 12.4. The van der Waals surface area contributed by atoms with Crippen LogP contribution < -0.4 is 16.0 Å². The van der Waals surface area contributed by atoms with Gasteiger partial charge in [-0.05, 0) is 50.8 Å². The molecule has 0 aliphatic heterocycles. The Balaban J connectivity index is 1.86. The van der Waals surface area contributed by atoms with Gasteiger partial charge in [-0.1, -0.05) is 19.8 Å². The number of carbonyl (C=O) groups is 2. The van der Waals surface area contributed by atoms with E-state index in [-0.39, 0.29) is 12.8 Å². The summed E-state index contributed by atoms with van der Waals surface area (Å²) in [6.45, 7) is 7.57. The summed E-state index contributed by atoms with van der Waals surface area (Å²) in [7, 11) is 0. The highest BCUT2D eigenvalue weighted by atomic mass is 16.4. The molecule has 7 nitrogen and oxygen atoms in total. The summed E-state index contributed by atoms with van der Waals surface area (Å²) in [5.74, 6) is -1.73. The molecule has 1 amide bonds. The third-order valence-electron chi connectivity index (χ3n) is 5.60. The number of amides is 1. The number of hydrogen-bond donors (Lipinski definition) is 1. The molecule has 0 aliphatic carbocycles. The molecule has 160 valence electrons. The van der Waals surface area contributed by atoms with Gasteiger partial charge in [-0.3, -0.25) is 4.79 Å². The number of benzene rings is 1. The van der Waals surface area contributed by atoms with E-state index in [0.29, 0.717) is 29.6 Å². The van der Waals surface area contributed by atoms with Gasteiger partial charge in [0.1, 0.15) is 11.2 Å². The largest absolute Gasteiger partial charge is 0.548 e. The highest BCUT2D eigenvalue weighted by Crippen LogP contribution is 2.32. The molecule has 0 aliphatic rings. The Morgan fingerprint density at radius 3 is 2.53 bits per heavy atom. The molecule has 0 saturated heterocycles. The second-order valence-corrected chi connectivity index (χ2v) is 7.75. The molecule has 1 N–H and O–H groups in total. The van der Waals surface area contributed by atoms with Crippen LogP contribution in [0.2, 0.25) is 0 Å². The molecule has 0 saturated carbocycles. The van der Waals surface area contributed by atoms with Gasteiger partial charge in [0.05, 0.1) is 18.3 Å². The minimum absolute atomic E-state index is 0.0149. The Bertz CT molecular complexity index is 1170. The van der Waals surface area contributed by atoms with Crippen molar-refractivity contribution < 1.29 is 23.5 Å². The lowest BCUT2D eigenvalue weighted by atomic mass is 9.98. The van der Waals surface area contributed by atoms with Gasteiger partial charge in [0.2, 0.25) is 5.91 Å². The first kappa shape index (κ1) is 21.6. The van der Waals surface area contributed by atoms with Crippen molar-refractivity contribution in [2.24, 2.45) is 0 Å². The number of hydrogen-bond acceptors (Lipinski definition) is 6. The molecular formula is C23H26NO6-. The van der Waals surface area contributed by atoms with E-state index in [1.54, 1.807) is 6.26 Å². The maximum absolute atomic E-state index is 12.6. The van der Waals surface area contributed by atoms with E-state index in [1.807, 2.05) is 33.8 Å². The van der Waals surface area contributed by atoms with Crippen LogP contribution in [0.5, 0.6) is 0 Å². The van der Waals surface area contributed by atoms with Crippen LogP contribution in [0.1, 0.15) is 54.9 Å². The second-order valence-electron chi connectivity index (χ2n) is 7.75. The number of carbonyl (C=O) groups excluding carboxylic acids is 2. The molecule has 0 fully saturated rings. The maximum atomic E-state index is 12.6. The zero-order valence-corrected chi connectivity index (χ0v) is 17.7. The molecule has 3 aromatic rings. The van der Waals surface area contributed by atoms with E-state index < -0.39 is 23.5 Å². The quantitative estimate of drug-likeness (QED) is 0.569. The van der Waals surface area contributed by atoms with E-state index in [2.05, 4.69) is 5.32 Å². The Hall–Kier alpha value is -3.09. The number of carboxylic acids is 1. The predicted molar refractivity (Wildman–Crippen MR) is 111 cm³/mol. The molecule has 2 aromatic heterocycles.